The number of halogens is 1. The number of rotatable bonds is 3. The van der Waals surface area contributed by atoms with Crippen molar-refractivity contribution in [2.24, 2.45) is 0 Å². The molecule has 0 atom stereocenters. The number of hydrogen-bond acceptors (Lipinski definition) is 4. The highest BCUT2D eigenvalue weighted by atomic mass is 79.9. The highest BCUT2D eigenvalue weighted by Crippen LogP contribution is 2.34. The van der Waals surface area contributed by atoms with E-state index in [0.29, 0.717) is 11.4 Å². The van der Waals surface area contributed by atoms with E-state index in [1.54, 1.807) is 12.1 Å². The summed E-state index contributed by atoms with van der Waals surface area (Å²) in [6, 6.07) is 7.17. The molecule has 0 radical (unpaired) electrons. The minimum Gasteiger partial charge on any atom is -0.482 e. The Balaban J connectivity index is 1.78. The first-order valence-corrected chi connectivity index (χ1v) is 7.92. The Hall–Kier alpha value is -1.86. The van der Waals surface area contributed by atoms with Gasteiger partial charge in [-0.25, -0.2) is 0 Å². The molecule has 2 amide bonds. The lowest BCUT2D eigenvalue weighted by Gasteiger charge is -2.28. The van der Waals surface area contributed by atoms with Gasteiger partial charge in [0.25, 0.3) is 5.91 Å². The highest BCUT2D eigenvalue weighted by molar-refractivity contribution is 9.10. The number of carbonyl (C=O) groups is 2. The fourth-order valence-electron chi connectivity index (χ4n) is 2.03. The predicted octanol–water partition coefficient (Wildman–Crippen LogP) is 2.87. The molecule has 1 aromatic heterocycles. The summed E-state index contributed by atoms with van der Waals surface area (Å²) < 4.78 is 6.24. The first-order chi connectivity index (χ1) is 10.1. The predicted molar refractivity (Wildman–Crippen MR) is 84.9 cm³/mol. The van der Waals surface area contributed by atoms with Crippen LogP contribution in [0.1, 0.15) is 0 Å². The van der Waals surface area contributed by atoms with Crippen molar-refractivity contribution in [1.29, 1.82) is 0 Å². The number of benzene rings is 1. The fourth-order valence-corrected chi connectivity index (χ4v) is 2.96. The van der Waals surface area contributed by atoms with Crippen molar-refractivity contribution < 1.29 is 14.3 Å². The number of thiophene rings is 1. The van der Waals surface area contributed by atoms with E-state index in [9.17, 15) is 9.59 Å². The average molecular weight is 367 g/mol. The zero-order valence-corrected chi connectivity index (χ0v) is 13.2. The van der Waals surface area contributed by atoms with Crippen molar-refractivity contribution in [3.8, 4) is 5.75 Å². The topological polar surface area (TPSA) is 58.6 Å². The number of hydrogen-bond donors (Lipinski definition) is 1. The van der Waals surface area contributed by atoms with Crippen LogP contribution in [0.2, 0.25) is 0 Å². The number of carbonyl (C=O) groups excluding carboxylic acids is 2. The Labute approximate surface area is 133 Å². The fraction of sp³-hybridized carbons (Fsp3) is 0.143. The zero-order chi connectivity index (χ0) is 14.8. The van der Waals surface area contributed by atoms with Gasteiger partial charge in [-0.05, 0) is 29.6 Å². The maximum Gasteiger partial charge on any atom is 0.265 e. The van der Waals surface area contributed by atoms with E-state index in [4.69, 9.17) is 4.74 Å². The molecule has 1 aromatic carbocycles. The molecule has 1 aliphatic heterocycles. The zero-order valence-electron chi connectivity index (χ0n) is 10.8. The molecule has 21 heavy (non-hydrogen) atoms. The van der Waals surface area contributed by atoms with Crippen LogP contribution in [0.5, 0.6) is 5.75 Å². The van der Waals surface area contributed by atoms with Crippen molar-refractivity contribution >= 4 is 50.5 Å². The smallest absolute Gasteiger partial charge is 0.265 e. The summed E-state index contributed by atoms with van der Waals surface area (Å²) in [7, 11) is 0. The van der Waals surface area contributed by atoms with Crippen LogP contribution < -0.4 is 15.0 Å². The Bertz CT molecular complexity index is 688. The van der Waals surface area contributed by atoms with E-state index in [1.807, 2.05) is 22.9 Å². The van der Waals surface area contributed by atoms with E-state index < -0.39 is 0 Å². The second-order valence-electron chi connectivity index (χ2n) is 4.44. The molecule has 0 bridgehead atoms. The number of fused-ring (bicyclic) bond motifs is 1. The van der Waals surface area contributed by atoms with Crippen LogP contribution in [0.15, 0.2) is 39.5 Å². The van der Waals surface area contributed by atoms with Crippen molar-refractivity contribution in [1.82, 2.24) is 0 Å². The van der Waals surface area contributed by atoms with E-state index in [1.165, 1.54) is 16.2 Å². The minimum atomic E-state index is -0.238. The molecule has 3 rings (SSSR count). The van der Waals surface area contributed by atoms with Gasteiger partial charge in [-0.2, -0.15) is 11.3 Å². The van der Waals surface area contributed by atoms with Crippen LogP contribution in [-0.2, 0) is 9.59 Å². The largest absolute Gasteiger partial charge is 0.482 e. The number of nitrogens with one attached hydrogen (secondary N) is 1. The highest BCUT2D eigenvalue weighted by Gasteiger charge is 2.27. The number of anilines is 2. The van der Waals surface area contributed by atoms with Gasteiger partial charge >= 0.3 is 0 Å². The van der Waals surface area contributed by atoms with E-state index in [0.717, 1.165) is 10.2 Å². The Morgan fingerprint density at radius 3 is 3.05 bits per heavy atom. The van der Waals surface area contributed by atoms with Crippen molar-refractivity contribution in [3.05, 3.63) is 39.5 Å². The monoisotopic (exact) mass is 366 g/mol. The molecule has 2 heterocycles. The van der Waals surface area contributed by atoms with E-state index in [2.05, 4.69) is 21.2 Å². The molecule has 0 spiro atoms. The standard InChI is InChI=1S/C14H11BrN2O3S/c15-9-1-2-11-12(5-9)20-7-14(19)17(11)6-13(18)16-10-3-4-21-8-10/h1-5,8H,6-7H2,(H,16,18). The van der Waals surface area contributed by atoms with Gasteiger partial charge in [0.05, 0.1) is 11.4 Å². The van der Waals surface area contributed by atoms with Crippen LogP contribution in [0, 0.1) is 0 Å². The summed E-state index contributed by atoms with van der Waals surface area (Å²) in [4.78, 5) is 25.5. The SMILES string of the molecule is O=C(CN1C(=O)COc2cc(Br)ccc21)Nc1ccsc1. The number of ether oxygens (including phenoxy) is 1. The molecule has 0 fully saturated rings. The summed E-state index contributed by atoms with van der Waals surface area (Å²) in [5.41, 5.74) is 1.34. The normalized spacial score (nSPS) is 13.6. The van der Waals surface area contributed by atoms with E-state index >= 15 is 0 Å². The quantitative estimate of drug-likeness (QED) is 0.908. The van der Waals surface area contributed by atoms with Gasteiger partial charge in [-0.15, -0.1) is 0 Å². The molecule has 1 aliphatic rings. The Morgan fingerprint density at radius 1 is 1.43 bits per heavy atom. The van der Waals surface area contributed by atoms with Gasteiger partial charge in [0, 0.05) is 9.85 Å². The lowest BCUT2D eigenvalue weighted by molar-refractivity contribution is -0.123. The molecular formula is C14H11BrN2O3S. The molecular weight excluding hydrogens is 356 g/mol. The molecule has 0 saturated carbocycles. The molecule has 0 saturated heterocycles. The minimum absolute atomic E-state index is 0.0350. The molecule has 7 heteroatoms. The third-order valence-corrected chi connectivity index (χ3v) is 4.15. The van der Waals surface area contributed by atoms with Gasteiger partial charge in [0.1, 0.15) is 12.3 Å². The van der Waals surface area contributed by atoms with Gasteiger partial charge in [-0.1, -0.05) is 15.9 Å². The van der Waals surface area contributed by atoms with Gasteiger partial charge in [0.2, 0.25) is 5.91 Å². The van der Waals surface area contributed by atoms with E-state index in [-0.39, 0.29) is 25.0 Å². The third kappa shape index (κ3) is 3.08. The number of amides is 2. The summed E-state index contributed by atoms with van der Waals surface area (Å²) in [6.45, 7) is -0.0954. The molecule has 0 aliphatic carbocycles. The third-order valence-electron chi connectivity index (χ3n) is 2.97. The lowest BCUT2D eigenvalue weighted by atomic mass is 10.2. The van der Waals surface area contributed by atoms with Crippen molar-refractivity contribution in [2.75, 3.05) is 23.4 Å². The van der Waals surface area contributed by atoms with Crippen molar-refractivity contribution in [2.45, 2.75) is 0 Å². The summed E-state index contributed by atoms with van der Waals surface area (Å²) in [5, 5.41) is 6.47. The average Bonchev–Trinajstić information content (AvgIpc) is 2.95. The maximum absolute atomic E-state index is 12.1. The lowest BCUT2D eigenvalue weighted by Crippen LogP contribution is -2.43. The second-order valence-corrected chi connectivity index (χ2v) is 6.14. The van der Waals surface area contributed by atoms with Crippen LogP contribution in [0.4, 0.5) is 11.4 Å². The van der Waals surface area contributed by atoms with Gasteiger partial charge in [0.15, 0.2) is 6.61 Å². The Kier molecular flexibility index (Phi) is 3.94. The van der Waals surface area contributed by atoms with Crippen LogP contribution in [0.25, 0.3) is 0 Å². The van der Waals surface area contributed by atoms with Gasteiger partial charge in [-0.3, -0.25) is 14.5 Å². The van der Waals surface area contributed by atoms with Crippen LogP contribution in [-0.4, -0.2) is 25.0 Å². The van der Waals surface area contributed by atoms with Gasteiger partial charge < -0.3 is 10.1 Å². The first-order valence-electron chi connectivity index (χ1n) is 6.18. The summed E-state index contributed by atoms with van der Waals surface area (Å²) >= 11 is 4.85. The summed E-state index contributed by atoms with van der Waals surface area (Å²) in [6.07, 6.45) is 0. The molecule has 1 N–H and O–H groups in total. The Morgan fingerprint density at radius 2 is 2.29 bits per heavy atom. The van der Waals surface area contributed by atoms with Crippen molar-refractivity contribution in [3.63, 3.8) is 0 Å². The first kappa shape index (κ1) is 14.1. The molecule has 0 unspecified atom stereocenters. The van der Waals surface area contributed by atoms with Crippen LogP contribution in [0.3, 0.4) is 0 Å². The molecule has 2 aromatic rings. The maximum atomic E-state index is 12.1. The molecule has 5 nitrogen and oxygen atoms in total. The second kappa shape index (κ2) is 5.87. The number of nitrogens with zero attached hydrogens (tertiary/aromatic N) is 1. The molecule has 108 valence electrons. The van der Waals surface area contributed by atoms with Crippen LogP contribution >= 0.6 is 27.3 Å². The summed E-state index contributed by atoms with van der Waals surface area (Å²) in [5.74, 6) is 0.120.